The van der Waals surface area contributed by atoms with E-state index in [9.17, 15) is 5.11 Å². The normalized spacial score (nSPS) is 17.0. The molecule has 1 fully saturated rings. The number of hydrogen-bond acceptors (Lipinski definition) is 2. The van der Waals surface area contributed by atoms with Gasteiger partial charge < -0.3 is 15.7 Å². The summed E-state index contributed by atoms with van der Waals surface area (Å²) in [6, 6.07) is 8.20. The van der Waals surface area contributed by atoms with Crippen LogP contribution in [0.3, 0.4) is 0 Å². The average molecular weight is 317 g/mol. The van der Waals surface area contributed by atoms with Crippen molar-refractivity contribution in [3.63, 3.8) is 0 Å². The zero-order valence-electron chi connectivity index (χ0n) is 14.9. The summed E-state index contributed by atoms with van der Waals surface area (Å²) in [5.41, 5.74) is 2.32. The molecule has 2 rings (SSSR count). The van der Waals surface area contributed by atoms with Crippen LogP contribution in [0.15, 0.2) is 29.3 Å². The number of rotatable bonds is 6. The van der Waals surface area contributed by atoms with Gasteiger partial charge in [-0.3, -0.25) is 4.99 Å². The van der Waals surface area contributed by atoms with Crippen molar-refractivity contribution in [2.45, 2.75) is 52.1 Å². The van der Waals surface area contributed by atoms with E-state index in [1.165, 1.54) is 18.4 Å². The van der Waals surface area contributed by atoms with E-state index in [1.54, 1.807) is 0 Å². The molecular weight excluding hydrogens is 286 g/mol. The molecule has 1 aliphatic rings. The van der Waals surface area contributed by atoms with E-state index < -0.39 is 6.10 Å². The summed E-state index contributed by atoms with van der Waals surface area (Å²) in [5.74, 6) is 1.60. The third kappa shape index (κ3) is 5.87. The quantitative estimate of drug-likeness (QED) is 0.558. The molecule has 0 radical (unpaired) electrons. The minimum atomic E-state index is -0.569. The van der Waals surface area contributed by atoms with E-state index in [0.29, 0.717) is 6.54 Å². The number of guanidine groups is 1. The second-order valence-corrected chi connectivity index (χ2v) is 7.43. The van der Waals surface area contributed by atoms with Crippen molar-refractivity contribution in [2.75, 3.05) is 19.6 Å². The Hall–Kier alpha value is -1.55. The van der Waals surface area contributed by atoms with E-state index in [4.69, 9.17) is 0 Å². The van der Waals surface area contributed by atoms with Crippen LogP contribution >= 0.6 is 0 Å². The van der Waals surface area contributed by atoms with Gasteiger partial charge in [0.25, 0.3) is 0 Å². The third-order valence-corrected chi connectivity index (χ3v) is 4.18. The topological polar surface area (TPSA) is 56.7 Å². The zero-order chi connectivity index (χ0) is 16.9. The van der Waals surface area contributed by atoms with Crippen LogP contribution in [0.1, 0.15) is 57.8 Å². The Morgan fingerprint density at radius 2 is 1.87 bits per heavy atom. The molecule has 0 aromatic heterocycles. The van der Waals surface area contributed by atoms with Gasteiger partial charge in [0.2, 0.25) is 0 Å². The van der Waals surface area contributed by atoms with Crippen LogP contribution in [0, 0.1) is 5.92 Å². The van der Waals surface area contributed by atoms with Crippen LogP contribution in [-0.2, 0) is 5.41 Å². The fourth-order valence-corrected chi connectivity index (χ4v) is 2.39. The summed E-state index contributed by atoms with van der Waals surface area (Å²) in [4.78, 5) is 4.51. The fraction of sp³-hybridized carbons (Fsp3) is 0.632. The summed E-state index contributed by atoms with van der Waals surface area (Å²) < 4.78 is 0. The second kappa shape index (κ2) is 7.82. The van der Waals surface area contributed by atoms with Crippen LogP contribution in [0.25, 0.3) is 0 Å². The molecule has 1 aromatic rings. The highest BCUT2D eigenvalue weighted by Gasteiger charge is 2.21. The highest BCUT2D eigenvalue weighted by molar-refractivity contribution is 5.79. The average Bonchev–Trinajstić information content (AvgIpc) is 3.33. The number of nitrogens with zero attached hydrogens (tertiary/aromatic N) is 1. The molecule has 0 saturated heterocycles. The van der Waals surface area contributed by atoms with Crippen LogP contribution in [0.5, 0.6) is 0 Å². The van der Waals surface area contributed by atoms with Gasteiger partial charge in [-0.15, -0.1) is 0 Å². The van der Waals surface area contributed by atoms with Gasteiger partial charge >= 0.3 is 0 Å². The van der Waals surface area contributed by atoms with Crippen molar-refractivity contribution in [3.05, 3.63) is 35.4 Å². The minimum Gasteiger partial charge on any atom is -0.386 e. The van der Waals surface area contributed by atoms with E-state index in [0.717, 1.165) is 30.5 Å². The van der Waals surface area contributed by atoms with Crippen molar-refractivity contribution in [2.24, 2.45) is 10.9 Å². The van der Waals surface area contributed by atoms with Crippen molar-refractivity contribution < 1.29 is 5.11 Å². The van der Waals surface area contributed by atoms with Gasteiger partial charge in [-0.1, -0.05) is 45.0 Å². The van der Waals surface area contributed by atoms with E-state index >= 15 is 0 Å². The molecule has 3 N–H and O–H groups in total. The molecule has 128 valence electrons. The predicted octanol–water partition coefficient (Wildman–Crippen LogP) is 2.98. The molecule has 1 atom stereocenters. The molecule has 1 unspecified atom stereocenters. The van der Waals surface area contributed by atoms with Crippen molar-refractivity contribution >= 4 is 5.96 Å². The summed E-state index contributed by atoms with van der Waals surface area (Å²) >= 11 is 0. The molecule has 23 heavy (non-hydrogen) atoms. The molecule has 0 amide bonds. The number of benzene rings is 1. The van der Waals surface area contributed by atoms with Crippen LogP contribution in [-0.4, -0.2) is 30.7 Å². The van der Waals surface area contributed by atoms with Crippen molar-refractivity contribution in [3.8, 4) is 0 Å². The van der Waals surface area contributed by atoms with Crippen molar-refractivity contribution in [1.82, 2.24) is 10.6 Å². The van der Waals surface area contributed by atoms with Crippen LogP contribution in [0.2, 0.25) is 0 Å². The Labute approximate surface area is 140 Å². The second-order valence-electron chi connectivity index (χ2n) is 7.43. The number of hydrogen-bond donors (Lipinski definition) is 3. The first-order valence-electron chi connectivity index (χ1n) is 8.71. The molecule has 0 aliphatic heterocycles. The Balaban J connectivity index is 1.92. The number of nitrogens with one attached hydrogen (secondary N) is 2. The first kappa shape index (κ1) is 17.8. The monoisotopic (exact) mass is 317 g/mol. The van der Waals surface area contributed by atoms with Gasteiger partial charge in [-0.25, -0.2) is 0 Å². The highest BCUT2D eigenvalue weighted by atomic mass is 16.3. The maximum Gasteiger partial charge on any atom is 0.191 e. The maximum absolute atomic E-state index is 10.4. The SMILES string of the molecule is CCNC(=NCC(O)c1ccc(C(C)(C)C)cc1)NCC1CC1. The lowest BCUT2D eigenvalue weighted by Crippen LogP contribution is -2.38. The van der Waals surface area contributed by atoms with Crippen molar-refractivity contribution in [1.29, 1.82) is 0 Å². The molecule has 4 heteroatoms. The van der Waals surface area contributed by atoms with E-state index in [1.807, 2.05) is 12.1 Å². The van der Waals surface area contributed by atoms with Gasteiger partial charge in [-0.05, 0) is 42.2 Å². The Bertz CT molecular complexity index is 512. The summed E-state index contributed by atoms with van der Waals surface area (Å²) in [7, 11) is 0. The van der Waals surface area contributed by atoms with E-state index in [-0.39, 0.29) is 5.41 Å². The molecule has 0 bridgehead atoms. The Kier molecular flexibility index (Phi) is 6.05. The summed E-state index contributed by atoms with van der Waals surface area (Å²) in [5, 5.41) is 16.9. The molecule has 1 aromatic carbocycles. The first-order chi connectivity index (χ1) is 10.9. The van der Waals surface area contributed by atoms with Crippen LogP contribution in [0.4, 0.5) is 0 Å². The third-order valence-electron chi connectivity index (χ3n) is 4.18. The molecule has 1 aliphatic carbocycles. The lowest BCUT2D eigenvalue weighted by molar-refractivity contribution is 0.187. The smallest absolute Gasteiger partial charge is 0.191 e. The van der Waals surface area contributed by atoms with Gasteiger partial charge in [0.1, 0.15) is 0 Å². The summed E-state index contributed by atoms with van der Waals surface area (Å²) in [6.45, 7) is 10.8. The molecule has 4 nitrogen and oxygen atoms in total. The molecular formula is C19H31N3O. The molecule has 1 saturated carbocycles. The summed E-state index contributed by atoms with van der Waals surface area (Å²) in [6.07, 6.45) is 2.06. The minimum absolute atomic E-state index is 0.132. The highest BCUT2D eigenvalue weighted by Crippen LogP contribution is 2.27. The van der Waals surface area contributed by atoms with Gasteiger partial charge in [-0.2, -0.15) is 0 Å². The maximum atomic E-state index is 10.4. The lowest BCUT2D eigenvalue weighted by atomic mass is 9.86. The molecule has 0 spiro atoms. The predicted molar refractivity (Wildman–Crippen MR) is 96.8 cm³/mol. The van der Waals surface area contributed by atoms with E-state index in [2.05, 4.69) is 55.5 Å². The number of aliphatic hydroxyl groups is 1. The van der Waals surface area contributed by atoms with Crippen LogP contribution < -0.4 is 10.6 Å². The lowest BCUT2D eigenvalue weighted by Gasteiger charge is -2.20. The van der Waals surface area contributed by atoms with Gasteiger partial charge in [0, 0.05) is 13.1 Å². The standard InChI is InChI=1S/C19H31N3O/c1-5-20-18(21-12-14-6-7-14)22-13-17(23)15-8-10-16(11-9-15)19(2,3)4/h8-11,14,17,23H,5-7,12-13H2,1-4H3,(H2,20,21,22). The first-order valence-corrected chi connectivity index (χ1v) is 8.71. The Morgan fingerprint density at radius 1 is 1.22 bits per heavy atom. The number of aliphatic imine (C=N–C) groups is 1. The number of aliphatic hydroxyl groups excluding tert-OH is 1. The zero-order valence-corrected chi connectivity index (χ0v) is 14.9. The molecule has 0 heterocycles. The Morgan fingerprint density at radius 3 is 2.39 bits per heavy atom. The van der Waals surface area contributed by atoms with Gasteiger partial charge in [0.15, 0.2) is 5.96 Å². The van der Waals surface area contributed by atoms with Gasteiger partial charge in [0.05, 0.1) is 12.6 Å². The fourth-order valence-electron chi connectivity index (χ4n) is 2.39. The largest absolute Gasteiger partial charge is 0.386 e.